The molecule has 0 heterocycles. The molecule has 0 saturated heterocycles. The van der Waals surface area contributed by atoms with Gasteiger partial charge in [0.05, 0.1) is 0 Å². The average molecular weight is 502 g/mol. The highest BCUT2D eigenvalue weighted by atomic mass is 127. The van der Waals surface area contributed by atoms with Crippen LogP contribution in [0.15, 0.2) is 72.8 Å². The molecular formula is C18H16IO7P. The van der Waals surface area contributed by atoms with Crippen LogP contribution in [-0.4, -0.2) is 19.8 Å². The van der Waals surface area contributed by atoms with Crippen LogP contribution in [0.1, 0.15) is 0 Å². The van der Waals surface area contributed by atoms with Crippen LogP contribution in [0.25, 0.3) is 22.3 Å². The van der Waals surface area contributed by atoms with Crippen LogP contribution in [0.5, 0.6) is 5.75 Å². The highest BCUT2D eigenvalue weighted by molar-refractivity contribution is 14.2. The minimum Gasteiger partial charge on any atom is -0.507 e. The van der Waals surface area contributed by atoms with E-state index in [4.69, 9.17) is 19.2 Å². The molecule has 0 atom stereocenters. The molecule has 3 aromatic rings. The molecule has 0 aliphatic heterocycles. The highest BCUT2D eigenvalue weighted by Gasteiger charge is 2.17. The van der Waals surface area contributed by atoms with E-state index in [1.807, 2.05) is 66.7 Å². The maximum atomic E-state index is 11.6. The Labute approximate surface area is 162 Å². The zero-order valence-corrected chi connectivity index (χ0v) is 16.8. The molecule has 3 rings (SSSR count). The molecule has 0 fully saturated rings. The number of aromatic hydroxyl groups is 1. The van der Waals surface area contributed by atoms with E-state index in [0.717, 1.165) is 16.7 Å². The van der Waals surface area contributed by atoms with Gasteiger partial charge in [-0.25, -0.2) is 10.7 Å². The summed E-state index contributed by atoms with van der Waals surface area (Å²) in [5.41, 5.74) is 3.05. The Hall–Kier alpha value is -2.10. The van der Waals surface area contributed by atoms with E-state index in [2.05, 4.69) is 0 Å². The van der Waals surface area contributed by atoms with Gasteiger partial charge in [-0.2, -0.15) is 0 Å². The van der Waals surface area contributed by atoms with Crippen LogP contribution in [0, 0.1) is 3.57 Å². The van der Waals surface area contributed by atoms with Gasteiger partial charge in [-0.05, 0) is 28.8 Å². The summed E-state index contributed by atoms with van der Waals surface area (Å²) >= 11 is -3.82. The molecule has 0 spiro atoms. The Kier molecular flexibility index (Phi) is 7.23. The summed E-state index contributed by atoms with van der Waals surface area (Å²) in [6.45, 7) is 0. The number of halogens is 1. The van der Waals surface area contributed by atoms with E-state index >= 15 is 0 Å². The highest BCUT2D eigenvalue weighted by Crippen LogP contribution is 2.40. The Bertz CT molecular complexity index is 1010. The fourth-order valence-electron chi connectivity index (χ4n) is 2.40. The van der Waals surface area contributed by atoms with E-state index < -0.39 is 27.6 Å². The van der Waals surface area contributed by atoms with Gasteiger partial charge < -0.3 is 19.8 Å². The standard InChI is InChI=1S/C18H13IO3.H3O4P/c20-17-12-15(13-7-3-1-4-8-13)11-16(18(17)19(21)22)14-9-5-2-6-10-14;1-5(2,3)4/h1-12,20H;(H3,1,2,3,4). The Morgan fingerprint density at radius 2 is 1.15 bits per heavy atom. The van der Waals surface area contributed by atoms with E-state index in [-0.39, 0.29) is 9.32 Å². The molecule has 0 radical (unpaired) electrons. The van der Waals surface area contributed by atoms with Gasteiger partial charge in [0.25, 0.3) is 0 Å². The summed E-state index contributed by atoms with van der Waals surface area (Å²) in [6.07, 6.45) is 0. The van der Waals surface area contributed by atoms with Gasteiger partial charge in [0, 0.05) is 5.56 Å². The quantitative estimate of drug-likeness (QED) is 0.312. The number of phenols is 1. The summed E-state index contributed by atoms with van der Waals surface area (Å²) in [5.74, 6) is -0.185. The molecule has 0 aliphatic carbocycles. The molecule has 0 unspecified atom stereocenters. The minimum atomic E-state index is -4.64. The molecule has 7 nitrogen and oxygen atoms in total. The second-order valence-electron chi connectivity index (χ2n) is 5.32. The predicted molar refractivity (Wildman–Crippen MR) is 107 cm³/mol. The smallest absolute Gasteiger partial charge is 0.466 e. The van der Waals surface area contributed by atoms with E-state index in [1.54, 1.807) is 0 Å². The van der Waals surface area contributed by atoms with Gasteiger partial charge in [0.1, 0.15) is 9.32 Å². The second-order valence-corrected chi connectivity index (χ2v) is 8.67. The normalized spacial score (nSPS) is 11.0. The van der Waals surface area contributed by atoms with Crippen molar-refractivity contribution in [3.05, 3.63) is 76.4 Å². The van der Waals surface area contributed by atoms with Crippen LogP contribution < -0.4 is 0 Å². The lowest BCUT2D eigenvalue weighted by Gasteiger charge is -2.10. The summed E-state index contributed by atoms with van der Waals surface area (Å²) in [6, 6.07) is 22.1. The van der Waals surface area contributed by atoms with Crippen molar-refractivity contribution in [3.63, 3.8) is 0 Å². The third-order valence-electron chi connectivity index (χ3n) is 3.40. The zero-order valence-electron chi connectivity index (χ0n) is 13.8. The summed E-state index contributed by atoms with van der Waals surface area (Å²) in [5, 5.41) is 10.2. The Morgan fingerprint density at radius 3 is 1.59 bits per heavy atom. The fraction of sp³-hybridized carbons (Fsp3) is 0. The Balaban J connectivity index is 0.000000465. The van der Waals surface area contributed by atoms with Gasteiger partial charge >= 0.3 is 27.6 Å². The first kappa shape index (κ1) is 21.2. The number of rotatable bonds is 3. The number of benzene rings is 3. The van der Waals surface area contributed by atoms with Crippen molar-refractivity contribution in [3.8, 4) is 28.0 Å². The SMILES string of the molecule is O=I(=O)c1c(O)cc(-c2ccccc2)cc1-c1ccccc1.O=P(O)(O)O. The largest absolute Gasteiger partial charge is 0.507 e. The molecule has 0 saturated carbocycles. The van der Waals surface area contributed by atoms with Crippen molar-refractivity contribution >= 4 is 27.6 Å². The van der Waals surface area contributed by atoms with E-state index in [1.165, 1.54) is 6.07 Å². The molecule has 3 aromatic carbocycles. The van der Waals surface area contributed by atoms with Crippen LogP contribution in [0.3, 0.4) is 0 Å². The predicted octanol–water partition coefficient (Wildman–Crippen LogP) is 4.16. The van der Waals surface area contributed by atoms with Gasteiger partial charge in [0.15, 0.2) is 0 Å². The molecule has 0 aromatic heterocycles. The fourth-order valence-corrected chi connectivity index (χ4v) is 3.94. The van der Waals surface area contributed by atoms with Crippen LogP contribution in [0.4, 0.5) is 0 Å². The lowest BCUT2D eigenvalue weighted by Crippen LogP contribution is -1.88. The first-order chi connectivity index (χ1) is 12.7. The third-order valence-corrected chi connectivity index (χ3v) is 5.41. The molecule has 0 aliphatic rings. The Morgan fingerprint density at radius 1 is 0.704 bits per heavy atom. The van der Waals surface area contributed by atoms with Crippen molar-refractivity contribution in [1.29, 1.82) is 0 Å². The summed E-state index contributed by atoms with van der Waals surface area (Å²) < 4.78 is 32.2. The molecule has 4 N–H and O–H groups in total. The van der Waals surface area contributed by atoms with Crippen LogP contribution >= 0.6 is 27.6 Å². The topological polar surface area (TPSA) is 132 Å². The number of phenolic OH excluding ortho intramolecular Hbond substituents is 1. The monoisotopic (exact) mass is 502 g/mol. The van der Waals surface area contributed by atoms with Crippen molar-refractivity contribution in [2.24, 2.45) is 0 Å². The van der Waals surface area contributed by atoms with Gasteiger partial charge in [-0.3, -0.25) is 0 Å². The average Bonchev–Trinajstić information content (AvgIpc) is 2.61. The number of hydrogen-bond donors (Lipinski definition) is 4. The molecule has 9 heteroatoms. The van der Waals surface area contributed by atoms with E-state index in [0.29, 0.717) is 5.56 Å². The molecule has 142 valence electrons. The number of phosphoric acid groups is 1. The van der Waals surface area contributed by atoms with E-state index in [9.17, 15) is 11.2 Å². The zero-order chi connectivity index (χ0) is 20.0. The molecule has 27 heavy (non-hydrogen) atoms. The van der Waals surface area contributed by atoms with Crippen LogP contribution in [0.2, 0.25) is 0 Å². The third kappa shape index (κ3) is 6.53. The second kappa shape index (κ2) is 9.20. The first-order valence-corrected chi connectivity index (χ1v) is 11.9. The maximum Gasteiger partial charge on any atom is 0.466 e. The van der Waals surface area contributed by atoms with Gasteiger partial charge in [0.2, 0.25) is 0 Å². The van der Waals surface area contributed by atoms with Crippen molar-refractivity contribution < 1.29 is 30.5 Å². The van der Waals surface area contributed by atoms with Crippen molar-refractivity contribution in [1.82, 2.24) is 0 Å². The minimum absolute atomic E-state index is 0.0510. The molecule has 0 amide bonds. The van der Waals surface area contributed by atoms with Gasteiger partial charge in [-0.15, -0.1) is 0 Å². The van der Waals surface area contributed by atoms with Gasteiger partial charge in [-0.1, -0.05) is 60.7 Å². The summed E-state index contributed by atoms with van der Waals surface area (Å²) in [7, 11) is -4.64. The lowest BCUT2D eigenvalue weighted by molar-refractivity contribution is 0.275. The number of hydrogen-bond acceptors (Lipinski definition) is 4. The maximum absolute atomic E-state index is 11.6. The van der Waals surface area contributed by atoms with Crippen molar-refractivity contribution in [2.75, 3.05) is 0 Å². The molecular weight excluding hydrogens is 486 g/mol. The first-order valence-electron chi connectivity index (χ1n) is 7.48. The lowest BCUT2D eigenvalue weighted by atomic mass is 9.98. The van der Waals surface area contributed by atoms with Crippen LogP contribution in [-0.2, 0) is 10.7 Å². The van der Waals surface area contributed by atoms with Crippen molar-refractivity contribution in [2.45, 2.75) is 0 Å². The summed E-state index contributed by atoms with van der Waals surface area (Å²) in [4.78, 5) is 21.6. The molecule has 0 bridgehead atoms.